The molecule has 0 saturated heterocycles. The molecule has 0 radical (unpaired) electrons. The molecule has 3 aromatic rings. The van der Waals surface area contributed by atoms with Crippen LogP contribution in [0.4, 0.5) is 0 Å². The summed E-state index contributed by atoms with van der Waals surface area (Å²) < 4.78 is 2.03. The van der Waals surface area contributed by atoms with E-state index < -0.39 is 0 Å². The number of nitrogens with two attached hydrogens (primary N) is 1. The van der Waals surface area contributed by atoms with Crippen LogP contribution in [0.25, 0.3) is 16.4 Å². The van der Waals surface area contributed by atoms with E-state index in [-0.39, 0.29) is 0 Å². The van der Waals surface area contributed by atoms with Crippen molar-refractivity contribution in [3.8, 4) is 16.4 Å². The van der Waals surface area contributed by atoms with E-state index in [1.54, 1.807) is 17.5 Å². The van der Waals surface area contributed by atoms with Crippen LogP contribution in [0.1, 0.15) is 36.4 Å². The SMILES string of the molecule is NCCC1CCCc2c1c(-c1cccnc1)nn2-c1nccs1. The van der Waals surface area contributed by atoms with Gasteiger partial charge in [0.15, 0.2) is 0 Å². The van der Waals surface area contributed by atoms with Crippen molar-refractivity contribution in [1.82, 2.24) is 19.7 Å². The summed E-state index contributed by atoms with van der Waals surface area (Å²) in [4.78, 5) is 8.72. The highest BCUT2D eigenvalue weighted by Gasteiger charge is 2.29. The number of thiazole rings is 1. The Kier molecular flexibility index (Phi) is 3.93. The van der Waals surface area contributed by atoms with Gasteiger partial charge < -0.3 is 5.73 Å². The summed E-state index contributed by atoms with van der Waals surface area (Å²) in [5.41, 5.74) is 10.6. The Morgan fingerprint density at radius 1 is 1.35 bits per heavy atom. The standard InChI is InChI=1S/C17H19N5S/c18-7-6-12-3-1-5-14-15(12)16(13-4-2-8-19-11-13)21-22(14)17-20-9-10-23-17/h2,4,8-12H,1,3,5-7,18H2. The first-order chi connectivity index (χ1) is 11.4. The third kappa shape index (κ3) is 2.58. The third-order valence-electron chi connectivity index (χ3n) is 4.45. The highest BCUT2D eigenvalue weighted by Crippen LogP contribution is 2.40. The molecule has 0 aliphatic heterocycles. The van der Waals surface area contributed by atoms with E-state index in [9.17, 15) is 0 Å². The Morgan fingerprint density at radius 3 is 3.04 bits per heavy atom. The van der Waals surface area contributed by atoms with Crippen LogP contribution in [-0.4, -0.2) is 26.3 Å². The van der Waals surface area contributed by atoms with E-state index in [2.05, 4.69) is 16.0 Å². The van der Waals surface area contributed by atoms with Gasteiger partial charge in [-0.1, -0.05) is 0 Å². The van der Waals surface area contributed by atoms with Crippen molar-refractivity contribution in [3.05, 3.63) is 47.4 Å². The van der Waals surface area contributed by atoms with Crippen molar-refractivity contribution in [3.63, 3.8) is 0 Å². The highest BCUT2D eigenvalue weighted by molar-refractivity contribution is 7.12. The molecule has 0 bridgehead atoms. The topological polar surface area (TPSA) is 69.6 Å². The largest absolute Gasteiger partial charge is 0.330 e. The Labute approximate surface area is 139 Å². The molecule has 6 heteroatoms. The Bertz CT molecular complexity index is 779. The maximum atomic E-state index is 5.86. The summed E-state index contributed by atoms with van der Waals surface area (Å²) in [6.45, 7) is 0.707. The lowest BCUT2D eigenvalue weighted by Gasteiger charge is -2.23. The number of fused-ring (bicyclic) bond motifs is 1. The van der Waals surface area contributed by atoms with E-state index >= 15 is 0 Å². The number of hydrogen-bond donors (Lipinski definition) is 1. The zero-order valence-corrected chi connectivity index (χ0v) is 13.7. The van der Waals surface area contributed by atoms with Crippen LogP contribution in [0.5, 0.6) is 0 Å². The molecule has 0 fully saturated rings. The fourth-order valence-corrected chi connectivity index (χ4v) is 4.10. The maximum Gasteiger partial charge on any atom is 0.210 e. The molecule has 118 valence electrons. The summed E-state index contributed by atoms with van der Waals surface area (Å²) in [5.74, 6) is 0.479. The normalized spacial score (nSPS) is 17.2. The fourth-order valence-electron chi connectivity index (χ4n) is 3.48. The second kappa shape index (κ2) is 6.22. The number of nitrogens with zero attached hydrogens (tertiary/aromatic N) is 4. The van der Waals surface area contributed by atoms with Crippen molar-refractivity contribution < 1.29 is 0 Å². The van der Waals surface area contributed by atoms with Gasteiger partial charge >= 0.3 is 0 Å². The predicted octanol–water partition coefficient (Wildman–Crippen LogP) is 3.16. The van der Waals surface area contributed by atoms with E-state index in [1.165, 1.54) is 24.1 Å². The van der Waals surface area contributed by atoms with Gasteiger partial charge in [-0.3, -0.25) is 4.98 Å². The van der Waals surface area contributed by atoms with E-state index in [0.717, 1.165) is 29.2 Å². The molecule has 3 aromatic heterocycles. The smallest absolute Gasteiger partial charge is 0.210 e. The van der Waals surface area contributed by atoms with Gasteiger partial charge in [0.25, 0.3) is 0 Å². The first kappa shape index (κ1) is 14.5. The van der Waals surface area contributed by atoms with E-state index in [1.807, 2.05) is 28.5 Å². The monoisotopic (exact) mass is 325 g/mol. The van der Waals surface area contributed by atoms with Crippen molar-refractivity contribution >= 4 is 11.3 Å². The maximum absolute atomic E-state index is 5.86. The molecule has 1 aliphatic carbocycles. The summed E-state index contributed by atoms with van der Waals surface area (Å²) in [6, 6.07) is 4.04. The molecule has 1 atom stereocenters. The van der Waals surface area contributed by atoms with Gasteiger partial charge in [-0.15, -0.1) is 11.3 Å². The van der Waals surface area contributed by atoms with Crippen LogP contribution >= 0.6 is 11.3 Å². The molecule has 2 N–H and O–H groups in total. The number of hydrogen-bond acceptors (Lipinski definition) is 5. The lowest BCUT2D eigenvalue weighted by Crippen LogP contribution is -2.15. The second-order valence-electron chi connectivity index (χ2n) is 5.84. The average Bonchev–Trinajstić information content (AvgIpc) is 3.24. The van der Waals surface area contributed by atoms with Crippen molar-refractivity contribution in [2.45, 2.75) is 31.6 Å². The molecular weight excluding hydrogens is 306 g/mol. The molecule has 5 nitrogen and oxygen atoms in total. The van der Waals surface area contributed by atoms with Gasteiger partial charge in [-0.2, -0.15) is 5.10 Å². The van der Waals surface area contributed by atoms with Crippen LogP contribution in [0.15, 0.2) is 36.1 Å². The van der Waals surface area contributed by atoms with Gasteiger partial charge in [0, 0.05) is 35.1 Å². The Balaban J connectivity index is 1.91. The minimum Gasteiger partial charge on any atom is -0.330 e. The third-order valence-corrected chi connectivity index (χ3v) is 5.19. The van der Waals surface area contributed by atoms with Gasteiger partial charge in [-0.25, -0.2) is 9.67 Å². The molecule has 23 heavy (non-hydrogen) atoms. The first-order valence-corrected chi connectivity index (χ1v) is 8.88. The van der Waals surface area contributed by atoms with Gasteiger partial charge in [0.05, 0.1) is 11.4 Å². The Morgan fingerprint density at radius 2 is 2.30 bits per heavy atom. The quantitative estimate of drug-likeness (QED) is 0.800. The summed E-state index contributed by atoms with van der Waals surface area (Å²) in [5, 5.41) is 7.85. The van der Waals surface area contributed by atoms with E-state index in [4.69, 9.17) is 10.8 Å². The molecule has 0 spiro atoms. The number of pyridine rings is 1. The van der Waals surface area contributed by atoms with Crippen molar-refractivity contribution in [1.29, 1.82) is 0 Å². The van der Waals surface area contributed by atoms with Crippen molar-refractivity contribution in [2.24, 2.45) is 5.73 Å². The number of rotatable bonds is 4. The van der Waals surface area contributed by atoms with Gasteiger partial charge in [0.2, 0.25) is 5.13 Å². The van der Waals surface area contributed by atoms with E-state index in [0.29, 0.717) is 12.5 Å². The van der Waals surface area contributed by atoms with Crippen LogP contribution in [0, 0.1) is 0 Å². The second-order valence-corrected chi connectivity index (χ2v) is 6.72. The van der Waals surface area contributed by atoms with Crippen LogP contribution in [0.2, 0.25) is 0 Å². The van der Waals surface area contributed by atoms with Crippen LogP contribution in [-0.2, 0) is 6.42 Å². The molecule has 3 heterocycles. The molecule has 0 saturated carbocycles. The summed E-state index contributed by atoms with van der Waals surface area (Å²) in [6.07, 6.45) is 9.93. The van der Waals surface area contributed by atoms with Crippen LogP contribution in [0.3, 0.4) is 0 Å². The molecule has 0 aromatic carbocycles. The minimum absolute atomic E-state index is 0.479. The van der Waals surface area contributed by atoms with Crippen molar-refractivity contribution in [2.75, 3.05) is 6.54 Å². The average molecular weight is 325 g/mol. The fraction of sp³-hybridized carbons (Fsp3) is 0.353. The van der Waals surface area contributed by atoms with Gasteiger partial charge in [0.1, 0.15) is 0 Å². The van der Waals surface area contributed by atoms with Crippen LogP contribution < -0.4 is 5.73 Å². The lowest BCUT2D eigenvalue weighted by atomic mass is 9.82. The summed E-state index contributed by atoms with van der Waals surface area (Å²) in [7, 11) is 0. The zero-order valence-electron chi connectivity index (χ0n) is 12.9. The first-order valence-electron chi connectivity index (χ1n) is 8.00. The zero-order chi connectivity index (χ0) is 15.6. The molecular formula is C17H19N5S. The van der Waals surface area contributed by atoms with Gasteiger partial charge in [-0.05, 0) is 50.3 Å². The molecule has 1 unspecified atom stereocenters. The highest BCUT2D eigenvalue weighted by atomic mass is 32.1. The minimum atomic E-state index is 0.479. The molecule has 0 amide bonds. The lowest BCUT2D eigenvalue weighted by molar-refractivity contribution is 0.518. The number of aromatic nitrogens is 4. The molecule has 4 rings (SSSR count). The summed E-state index contributed by atoms with van der Waals surface area (Å²) >= 11 is 1.62. The Hall–Kier alpha value is -2.05. The molecule has 1 aliphatic rings. The predicted molar refractivity (Wildman–Crippen MR) is 91.8 cm³/mol.